The second-order valence-corrected chi connectivity index (χ2v) is 6.48. The monoisotopic (exact) mass is 294 g/mol. The normalized spacial score (nSPS) is 11.3. The van der Waals surface area contributed by atoms with Crippen LogP contribution in [0.3, 0.4) is 0 Å². The number of aryl methyl sites for hydroxylation is 1. The second kappa shape index (κ2) is 5.46. The van der Waals surface area contributed by atoms with Crippen molar-refractivity contribution in [2.24, 2.45) is 0 Å². The first-order valence-electron chi connectivity index (χ1n) is 6.00. The average Bonchev–Trinajstić information content (AvgIpc) is 2.84. The van der Waals surface area contributed by atoms with E-state index in [9.17, 15) is 13.2 Å². The topological polar surface area (TPSA) is 89.3 Å². The summed E-state index contributed by atoms with van der Waals surface area (Å²) < 4.78 is 28.1. The number of amides is 1. The Kier molecular flexibility index (Phi) is 3.89. The summed E-state index contributed by atoms with van der Waals surface area (Å²) in [6.07, 6.45) is 0. The molecule has 6 nitrogen and oxygen atoms in total. The van der Waals surface area contributed by atoms with Gasteiger partial charge in [-0.1, -0.05) is 12.1 Å². The number of carbonyl (C=O) groups is 1. The van der Waals surface area contributed by atoms with E-state index in [1.165, 1.54) is 24.3 Å². The summed E-state index contributed by atoms with van der Waals surface area (Å²) in [4.78, 5) is 12.1. The van der Waals surface area contributed by atoms with Crippen LogP contribution in [-0.2, 0) is 9.84 Å². The molecule has 2 aromatic rings. The summed E-state index contributed by atoms with van der Waals surface area (Å²) in [5.74, 6) is 0.553. The van der Waals surface area contributed by atoms with Crippen molar-refractivity contribution in [3.05, 3.63) is 41.7 Å². The highest BCUT2D eigenvalue weighted by Crippen LogP contribution is 2.14. The summed E-state index contributed by atoms with van der Waals surface area (Å²) >= 11 is 0. The van der Waals surface area contributed by atoms with Gasteiger partial charge in [-0.05, 0) is 31.2 Å². The van der Waals surface area contributed by atoms with Crippen LogP contribution in [0.5, 0.6) is 0 Å². The lowest BCUT2D eigenvalue weighted by Gasteiger charge is -2.04. The van der Waals surface area contributed by atoms with Crippen molar-refractivity contribution < 1.29 is 17.7 Å². The van der Waals surface area contributed by atoms with Crippen molar-refractivity contribution in [2.75, 3.05) is 11.1 Å². The zero-order chi connectivity index (χ0) is 14.8. The molecule has 0 aliphatic rings. The fourth-order valence-electron chi connectivity index (χ4n) is 1.59. The minimum atomic E-state index is -3.26. The molecular weight excluding hydrogens is 280 g/mol. The van der Waals surface area contributed by atoms with Gasteiger partial charge in [-0.3, -0.25) is 4.79 Å². The number of nitrogens with one attached hydrogen (secondary N) is 1. The van der Waals surface area contributed by atoms with Gasteiger partial charge in [0.05, 0.1) is 10.6 Å². The largest absolute Gasteiger partial charge is 0.360 e. The molecule has 1 N–H and O–H groups in total. The van der Waals surface area contributed by atoms with Gasteiger partial charge in [0.1, 0.15) is 5.76 Å². The van der Waals surface area contributed by atoms with E-state index < -0.39 is 9.84 Å². The highest BCUT2D eigenvalue weighted by Gasteiger charge is 2.13. The lowest BCUT2D eigenvalue weighted by molar-refractivity contribution is 0.102. The molecule has 0 spiro atoms. The predicted molar refractivity (Wildman–Crippen MR) is 73.4 cm³/mol. The van der Waals surface area contributed by atoms with Crippen LogP contribution >= 0.6 is 0 Å². The van der Waals surface area contributed by atoms with E-state index >= 15 is 0 Å². The zero-order valence-electron chi connectivity index (χ0n) is 11.1. The van der Waals surface area contributed by atoms with Crippen LogP contribution in [0.1, 0.15) is 23.0 Å². The summed E-state index contributed by atoms with van der Waals surface area (Å²) in [5, 5.41) is 6.21. The van der Waals surface area contributed by atoms with Crippen molar-refractivity contribution in [2.45, 2.75) is 18.7 Å². The number of aromatic nitrogens is 1. The number of nitrogens with zero attached hydrogens (tertiary/aromatic N) is 1. The molecule has 0 saturated heterocycles. The van der Waals surface area contributed by atoms with Crippen LogP contribution < -0.4 is 5.32 Å². The summed E-state index contributed by atoms with van der Waals surface area (Å²) in [6.45, 7) is 3.29. The Morgan fingerprint density at radius 1 is 1.30 bits per heavy atom. The van der Waals surface area contributed by atoms with Gasteiger partial charge >= 0.3 is 0 Å². The van der Waals surface area contributed by atoms with Crippen molar-refractivity contribution in [3.63, 3.8) is 0 Å². The first-order chi connectivity index (χ1) is 9.42. The van der Waals surface area contributed by atoms with E-state index in [2.05, 4.69) is 10.5 Å². The Labute approximate surface area is 116 Å². The average molecular weight is 294 g/mol. The molecule has 1 amide bonds. The molecule has 0 radical (unpaired) electrons. The van der Waals surface area contributed by atoms with Gasteiger partial charge in [-0.15, -0.1) is 0 Å². The van der Waals surface area contributed by atoms with Crippen molar-refractivity contribution in [1.29, 1.82) is 0 Å². The standard InChI is InChI=1S/C13H14N2O4S/c1-3-20(17,18)11-6-4-10(5-7-11)13(16)14-12-8-9(2)19-15-12/h4-8H,3H2,1-2H3,(H,14,15,16). The zero-order valence-corrected chi connectivity index (χ0v) is 11.9. The summed E-state index contributed by atoms with van der Waals surface area (Å²) in [6, 6.07) is 7.35. The van der Waals surface area contributed by atoms with Gasteiger partial charge in [-0.2, -0.15) is 0 Å². The molecule has 0 aliphatic heterocycles. The molecule has 0 atom stereocenters. The van der Waals surface area contributed by atoms with Gasteiger partial charge in [0, 0.05) is 11.6 Å². The maximum Gasteiger partial charge on any atom is 0.256 e. The first kappa shape index (κ1) is 14.3. The Morgan fingerprint density at radius 2 is 1.95 bits per heavy atom. The molecular formula is C13H14N2O4S. The maximum atomic E-state index is 11.9. The number of hydrogen-bond donors (Lipinski definition) is 1. The number of sulfone groups is 1. The van der Waals surface area contributed by atoms with Crippen LogP contribution in [0.4, 0.5) is 5.82 Å². The molecule has 1 aromatic carbocycles. The third-order valence-corrected chi connectivity index (χ3v) is 4.48. The van der Waals surface area contributed by atoms with E-state index in [1.54, 1.807) is 19.9 Å². The summed E-state index contributed by atoms with van der Waals surface area (Å²) in [7, 11) is -3.26. The fraction of sp³-hybridized carbons (Fsp3) is 0.231. The third kappa shape index (κ3) is 3.05. The lowest BCUT2D eigenvalue weighted by atomic mass is 10.2. The van der Waals surface area contributed by atoms with E-state index in [4.69, 9.17) is 4.52 Å². The molecule has 0 bridgehead atoms. The molecule has 0 unspecified atom stereocenters. The minimum Gasteiger partial charge on any atom is -0.360 e. The Morgan fingerprint density at radius 3 is 2.45 bits per heavy atom. The number of benzene rings is 1. The maximum absolute atomic E-state index is 11.9. The molecule has 7 heteroatoms. The number of rotatable bonds is 4. The van der Waals surface area contributed by atoms with Crippen molar-refractivity contribution in [1.82, 2.24) is 5.16 Å². The number of hydrogen-bond acceptors (Lipinski definition) is 5. The predicted octanol–water partition coefficient (Wildman–Crippen LogP) is 2.03. The van der Waals surface area contributed by atoms with Crippen LogP contribution in [0.25, 0.3) is 0 Å². The van der Waals surface area contributed by atoms with E-state index in [0.29, 0.717) is 17.1 Å². The van der Waals surface area contributed by atoms with E-state index in [-0.39, 0.29) is 16.6 Å². The quantitative estimate of drug-likeness (QED) is 0.932. The Hall–Kier alpha value is -2.15. The molecule has 0 aliphatic carbocycles. The van der Waals surface area contributed by atoms with Gasteiger partial charge in [0.25, 0.3) is 5.91 Å². The lowest BCUT2D eigenvalue weighted by Crippen LogP contribution is -2.12. The summed E-state index contributed by atoms with van der Waals surface area (Å²) in [5.41, 5.74) is 0.348. The highest BCUT2D eigenvalue weighted by atomic mass is 32.2. The van der Waals surface area contributed by atoms with E-state index in [0.717, 1.165) is 0 Å². The highest BCUT2D eigenvalue weighted by molar-refractivity contribution is 7.91. The van der Waals surface area contributed by atoms with Gasteiger partial charge in [0.15, 0.2) is 15.7 Å². The van der Waals surface area contributed by atoms with Crippen LogP contribution in [-0.4, -0.2) is 25.2 Å². The van der Waals surface area contributed by atoms with Crippen molar-refractivity contribution >= 4 is 21.6 Å². The van der Waals surface area contributed by atoms with Crippen LogP contribution in [0, 0.1) is 6.92 Å². The molecule has 106 valence electrons. The second-order valence-electron chi connectivity index (χ2n) is 4.20. The number of carbonyl (C=O) groups excluding carboxylic acids is 1. The first-order valence-corrected chi connectivity index (χ1v) is 7.65. The van der Waals surface area contributed by atoms with Gasteiger partial charge in [-0.25, -0.2) is 8.42 Å². The smallest absolute Gasteiger partial charge is 0.256 e. The molecule has 0 fully saturated rings. The van der Waals surface area contributed by atoms with E-state index in [1.807, 2.05) is 0 Å². The van der Waals surface area contributed by atoms with Gasteiger partial charge in [0.2, 0.25) is 0 Å². The molecule has 1 aromatic heterocycles. The SMILES string of the molecule is CCS(=O)(=O)c1ccc(C(=O)Nc2cc(C)on2)cc1. The molecule has 2 rings (SSSR count). The molecule has 0 saturated carbocycles. The van der Waals surface area contributed by atoms with Crippen LogP contribution in [0.15, 0.2) is 39.8 Å². The van der Waals surface area contributed by atoms with Crippen LogP contribution in [0.2, 0.25) is 0 Å². The third-order valence-electron chi connectivity index (χ3n) is 2.73. The van der Waals surface area contributed by atoms with Crippen molar-refractivity contribution in [3.8, 4) is 0 Å². The fourth-order valence-corrected chi connectivity index (χ4v) is 2.48. The minimum absolute atomic E-state index is 0.0246. The van der Waals surface area contributed by atoms with Gasteiger partial charge < -0.3 is 9.84 Å². The number of anilines is 1. The Balaban J connectivity index is 2.16. The molecule has 20 heavy (non-hydrogen) atoms. The Bertz CT molecular complexity index is 717. The molecule has 1 heterocycles.